The molecular formula is C13H25N3O. The predicted octanol–water partition coefficient (Wildman–Crippen LogP) is 2.37. The normalized spacial score (nSPS) is 12.9. The average Bonchev–Trinajstić information content (AvgIpc) is 2.78. The van der Waals surface area contributed by atoms with E-state index in [0.29, 0.717) is 6.04 Å². The van der Waals surface area contributed by atoms with E-state index < -0.39 is 0 Å². The van der Waals surface area contributed by atoms with Gasteiger partial charge in [-0.25, -0.2) is 4.98 Å². The standard InChI is InChI=1S/C13H25N3O/c1-4-9-16-10-8-15-13(16)12(14-3)7-6-11-17-5-2/h8,10,12,14H,4-7,9,11H2,1-3H3. The molecule has 0 aromatic carbocycles. The van der Waals surface area contributed by atoms with Crippen LogP contribution in [0.5, 0.6) is 0 Å². The average molecular weight is 239 g/mol. The van der Waals surface area contributed by atoms with Gasteiger partial charge >= 0.3 is 0 Å². The summed E-state index contributed by atoms with van der Waals surface area (Å²) < 4.78 is 7.61. The van der Waals surface area contributed by atoms with Gasteiger partial charge < -0.3 is 14.6 Å². The lowest BCUT2D eigenvalue weighted by molar-refractivity contribution is 0.140. The second-order valence-electron chi connectivity index (χ2n) is 4.16. The molecule has 0 saturated heterocycles. The van der Waals surface area contributed by atoms with Gasteiger partial charge in [-0.3, -0.25) is 0 Å². The maximum absolute atomic E-state index is 5.37. The van der Waals surface area contributed by atoms with Crippen LogP contribution >= 0.6 is 0 Å². The Morgan fingerprint density at radius 3 is 2.94 bits per heavy atom. The first-order chi connectivity index (χ1) is 8.33. The van der Waals surface area contributed by atoms with Crippen LogP contribution in [-0.4, -0.2) is 29.8 Å². The van der Waals surface area contributed by atoms with Gasteiger partial charge in [0.15, 0.2) is 0 Å². The molecule has 1 heterocycles. The Labute approximate surface area is 104 Å². The van der Waals surface area contributed by atoms with Crippen molar-refractivity contribution in [3.63, 3.8) is 0 Å². The summed E-state index contributed by atoms with van der Waals surface area (Å²) in [5.74, 6) is 1.14. The minimum absolute atomic E-state index is 0.331. The lowest BCUT2D eigenvalue weighted by atomic mass is 10.1. The van der Waals surface area contributed by atoms with Crippen molar-refractivity contribution in [2.75, 3.05) is 20.3 Å². The zero-order valence-corrected chi connectivity index (χ0v) is 11.3. The molecule has 0 fully saturated rings. The van der Waals surface area contributed by atoms with Crippen LogP contribution in [0.3, 0.4) is 0 Å². The van der Waals surface area contributed by atoms with E-state index in [1.54, 1.807) is 0 Å². The van der Waals surface area contributed by atoms with Crippen LogP contribution in [0.4, 0.5) is 0 Å². The van der Waals surface area contributed by atoms with Crippen LogP contribution in [-0.2, 0) is 11.3 Å². The first-order valence-electron chi connectivity index (χ1n) is 6.59. The van der Waals surface area contributed by atoms with Crippen LogP contribution in [0.1, 0.15) is 45.0 Å². The van der Waals surface area contributed by atoms with Gasteiger partial charge in [0.25, 0.3) is 0 Å². The summed E-state index contributed by atoms with van der Waals surface area (Å²) in [6.45, 7) is 6.90. The molecule has 1 atom stereocenters. The Morgan fingerprint density at radius 2 is 2.29 bits per heavy atom. The summed E-state index contributed by atoms with van der Waals surface area (Å²) in [7, 11) is 2.00. The van der Waals surface area contributed by atoms with E-state index in [1.807, 2.05) is 20.2 Å². The van der Waals surface area contributed by atoms with Gasteiger partial charge in [-0.05, 0) is 33.2 Å². The van der Waals surface area contributed by atoms with Crippen LogP contribution in [0.25, 0.3) is 0 Å². The summed E-state index contributed by atoms with van der Waals surface area (Å²) in [6.07, 6.45) is 7.22. The minimum atomic E-state index is 0.331. The molecule has 1 aromatic heterocycles. The molecule has 0 aliphatic heterocycles. The molecule has 1 aromatic rings. The summed E-state index contributed by atoms with van der Waals surface area (Å²) in [4.78, 5) is 4.46. The number of nitrogens with one attached hydrogen (secondary N) is 1. The number of imidazole rings is 1. The SMILES string of the molecule is CCCn1ccnc1C(CCCOCC)NC. The van der Waals surface area contributed by atoms with E-state index in [9.17, 15) is 0 Å². The maximum atomic E-state index is 5.37. The van der Waals surface area contributed by atoms with Gasteiger partial charge in [0, 0.05) is 32.2 Å². The third-order valence-electron chi connectivity index (χ3n) is 2.86. The fourth-order valence-corrected chi connectivity index (χ4v) is 2.00. The second kappa shape index (κ2) is 8.25. The van der Waals surface area contributed by atoms with E-state index in [0.717, 1.165) is 44.8 Å². The van der Waals surface area contributed by atoms with Gasteiger partial charge in [0.05, 0.1) is 6.04 Å². The molecule has 1 unspecified atom stereocenters. The Hall–Kier alpha value is -0.870. The highest BCUT2D eigenvalue weighted by atomic mass is 16.5. The molecule has 0 amide bonds. The van der Waals surface area contributed by atoms with Gasteiger partial charge in [-0.1, -0.05) is 6.92 Å². The summed E-state index contributed by atoms with van der Waals surface area (Å²) in [6, 6.07) is 0.331. The van der Waals surface area contributed by atoms with E-state index in [1.165, 1.54) is 0 Å². The van der Waals surface area contributed by atoms with Crippen LogP contribution in [0.15, 0.2) is 12.4 Å². The number of aromatic nitrogens is 2. The highest BCUT2D eigenvalue weighted by Crippen LogP contribution is 2.16. The number of hydrogen-bond donors (Lipinski definition) is 1. The monoisotopic (exact) mass is 239 g/mol. The van der Waals surface area contributed by atoms with Gasteiger partial charge in [-0.15, -0.1) is 0 Å². The maximum Gasteiger partial charge on any atom is 0.125 e. The van der Waals surface area contributed by atoms with Crippen molar-refractivity contribution in [2.24, 2.45) is 0 Å². The molecule has 1 rings (SSSR count). The summed E-state index contributed by atoms with van der Waals surface area (Å²) >= 11 is 0. The number of ether oxygens (including phenoxy) is 1. The molecule has 1 N–H and O–H groups in total. The Bertz CT molecular complexity index is 299. The van der Waals surface area contributed by atoms with Gasteiger partial charge in [0.2, 0.25) is 0 Å². The molecule has 4 nitrogen and oxygen atoms in total. The zero-order valence-electron chi connectivity index (χ0n) is 11.3. The molecule has 0 aliphatic rings. The predicted molar refractivity (Wildman–Crippen MR) is 70.0 cm³/mol. The van der Waals surface area contributed by atoms with E-state index in [4.69, 9.17) is 4.74 Å². The van der Waals surface area contributed by atoms with Crippen LogP contribution < -0.4 is 5.32 Å². The van der Waals surface area contributed by atoms with Gasteiger partial charge in [-0.2, -0.15) is 0 Å². The lowest BCUT2D eigenvalue weighted by Crippen LogP contribution is -2.21. The van der Waals surface area contributed by atoms with Crippen molar-refractivity contribution in [1.29, 1.82) is 0 Å². The molecule has 98 valence electrons. The molecule has 0 aliphatic carbocycles. The third kappa shape index (κ3) is 4.48. The second-order valence-corrected chi connectivity index (χ2v) is 4.16. The fourth-order valence-electron chi connectivity index (χ4n) is 2.00. The number of aryl methyl sites for hydroxylation is 1. The largest absolute Gasteiger partial charge is 0.382 e. The highest BCUT2D eigenvalue weighted by molar-refractivity contribution is 4.99. The van der Waals surface area contributed by atoms with Gasteiger partial charge in [0.1, 0.15) is 5.82 Å². The molecule has 17 heavy (non-hydrogen) atoms. The minimum Gasteiger partial charge on any atom is -0.382 e. The molecule has 0 bridgehead atoms. The van der Waals surface area contributed by atoms with Crippen molar-refractivity contribution in [1.82, 2.24) is 14.9 Å². The number of hydrogen-bond acceptors (Lipinski definition) is 3. The van der Waals surface area contributed by atoms with Crippen molar-refractivity contribution in [2.45, 2.75) is 45.7 Å². The fraction of sp³-hybridized carbons (Fsp3) is 0.769. The summed E-state index contributed by atoms with van der Waals surface area (Å²) in [5.41, 5.74) is 0. The smallest absolute Gasteiger partial charge is 0.125 e. The third-order valence-corrected chi connectivity index (χ3v) is 2.86. The molecular weight excluding hydrogens is 214 g/mol. The molecule has 0 radical (unpaired) electrons. The highest BCUT2D eigenvalue weighted by Gasteiger charge is 2.14. The van der Waals surface area contributed by atoms with E-state index >= 15 is 0 Å². The first kappa shape index (κ1) is 14.2. The quantitative estimate of drug-likeness (QED) is 0.672. The molecule has 0 spiro atoms. The molecule has 0 saturated carbocycles. The Balaban J connectivity index is 2.50. The zero-order chi connectivity index (χ0) is 12.5. The van der Waals surface area contributed by atoms with E-state index in [-0.39, 0.29) is 0 Å². The van der Waals surface area contributed by atoms with Crippen molar-refractivity contribution < 1.29 is 4.74 Å². The topological polar surface area (TPSA) is 39.1 Å². The van der Waals surface area contributed by atoms with Crippen molar-refractivity contribution >= 4 is 0 Å². The number of nitrogens with zero attached hydrogens (tertiary/aromatic N) is 2. The molecule has 4 heteroatoms. The van der Waals surface area contributed by atoms with E-state index in [2.05, 4.69) is 28.0 Å². The van der Waals surface area contributed by atoms with Crippen molar-refractivity contribution in [3.8, 4) is 0 Å². The Morgan fingerprint density at radius 1 is 1.47 bits per heavy atom. The summed E-state index contributed by atoms with van der Waals surface area (Å²) in [5, 5.41) is 3.34. The number of rotatable bonds is 9. The first-order valence-corrected chi connectivity index (χ1v) is 6.59. The van der Waals surface area contributed by atoms with Crippen molar-refractivity contribution in [3.05, 3.63) is 18.2 Å². The van der Waals surface area contributed by atoms with Crippen LogP contribution in [0, 0.1) is 0 Å². The Kier molecular flexibility index (Phi) is 6.89. The van der Waals surface area contributed by atoms with Crippen LogP contribution in [0.2, 0.25) is 0 Å². The lowest BCUT2D eigenvalue weighted by Gasteiger charge is -2.17.